The van der Waals surface area contributed by atoms with Gasteiger partial charge in [-0.2, -0.15) is 5.26 Å². The van der Waals surface area contributed by atoms with Gasteiger partial charge in [-0.15, -0.1) is 0 Å². The van der Waals surface area contributed by atoms with Gasteiger partial charge in [0.1, 0.15) is 17.8 Å². The topological polar surface area (TPSA) is 90.1 Å². The molecule has 1 aliphatic carbocycles. The normalized spacial score (nSPS) is 28.0. The first kappa shape index (κ1) is 13.8. The summed E-state index contributed by atoms with van der Waals surface area (Å²) in [6.45, 7) is 1.80. The zero-order valence-corrected chi connectivity index (χ0v) is 12.0. The number of rotatable bonds is 2. The van der Waals surface area contributed by atoms with Crippen LogP contribution in [0.25, 0.3) is 0 Å². The van der Waals surface area contributed by atoms with E-state index < -0.39 is 12.0 Å². The highest BCUT2D eigenvalue weighted by atomic mass is 16.4. The Hall–Kier alpha value is -2.16. The van der Waals surface area contributed by atoms with E-state index in [1.807, 2.05) is 11.0 Å². The monoisotopic (exact) mass is 286 g/mol. The van der Waals surface area contributed by atoms with Crippen LogP contribution in [0.5, 0.6) is 0 Å². The number of aliphatic carboxylic acids is 1. The van der Waals surface area contributed by atoms with E-state index in [1.54, 1.807) is 13.0 Å². The van der Waals surface area contributed by atoms with Gasteiger partial charge in [0.2, 0.25) is 5.95 Å². The maximum Gasteiger partial charge on any atom is 0.326 e. The Morgan fingerprint density at radius 3 is 2.90 bits per heavy atom. The molecule has 3 unspecified atom stereocenters. The molecule has 2 fully saturated rings. The molecule has 3 rings (SSSR count). The molecule has 1 N–H and O–H groups in total. The van der Waals surface area contributed by atoms with E-state index >= 15 is 0 Å². The van der Waals surface area contributed by atoms with Gasteiger partial charge in [0, 0.05) is 11.7 Å². The Morgan fingerprint density at radius 2 is 2.19 bits per heavy atom. The standard InChI is InChI=1S/C15H18N4O2/c1-9-6-11(8-16)18-15(17-9)19-12-5-3-2-4-10(12)7-13(19)14(20)21/h6,10,12-13H,2-5,7H2,1H3,(H,20,21). The molecule has 1 saturated heterocycles. The molecule has 1 aromatic rings. The third kappa shape index (κ3) is 2.44. The molecule has 1 saturated carbocycles. The molecule has 1 aliphatic heterocycles. The van der Waals surface area contributed by atoms with Crippen molar-refractivity contribution >= 4 is 11.9 Å². The van der Waals surface area contributed by atoms with Gasteiger partial charge in [-0.05, 0) is 38.2 Å². The second-order valence-corrected chi connectivity index (χ2v) is 5.92. The highest BCUT2D eigenvalue weighted by Crippen LogP contribution is 2.41. The summed E-state index contributed by atoms with van der Waals surface area (Å²) in [7, 11) is 0. The van der Waals surface area contributed by atoms with Crippen molar-refractivity contribution in [2.24, 2.45) is 5.92 Å². The molecule has 6 nitrogen and oxygen atoms in total. The van der Waals surface area contributed by atoms with Crippen LogP contribution in [0, 0.1) is 24.2 Å². The lowest BCUT2D eigenvalue weighted by atomic mass is 9.85. The van der Waals surface area contributed by atoms with Gasteiger partial charge >= 0.3 is 5.97 Å². The first-order valence-electron chi connectivity index (χ1n) is 7.37. The van der Waals surface area contributed by atoms with Gasteiger partial charge in [-0.25, -0.2) is 14.8 Å². The van der Waals surface area contributed by atoms with E-state index in [0.29, 0.717) is 29.7 Å². The number of carboxylic acids is 1. The number of hydrogen-bond donors (Lipinski definition) is 1. The average molecular weight is 286 g/mol. The molecule has 3 atom stereocenters. The molecule has 0 spiro atoms. The van der Waals surface area contributed by atoms with E-state index in [0.717, 1.165) is 19.3 Å². The summed E-state index contributed by atoms with van der Waals surface area (Å²) in [5.41, 5.74) is 0.987. The largest absolute Gasteiger partial charge is 0.480 e. The number of fused-ring (bicyclic) bond motifs is 1. The van der Waals surface area contributed by atoms with Crippen molar-refractivity contribution in [3.8, 4) is 6.07 Å². The molecule has 0 aromatic carbocycles. The summed E-state index contributed by atoms with van der Waals surface area (Å²) in [5.74, 6) is -0.0316. The van der Waals surface area contributed by atoms with Crippen LogP contribution in [0.2, 0.25) is 0 Å². The predicted molar refractivity (Wildman–Crippen MR) is 75.7 cm³/mol. The van der Waals surface area contributed by atoms with E-state index in [4.69, 9.17) is 5.26 Å². The van der Waals surface area contributed by atoms with Crippen molar-refractivity contribution in [1.82, 2.24) is 9.97 Å². The summed E-state index contributed by atoms with van der Waals surface area (Å²) in [6.07, 6.45) is 4.98. The lowest BCUT2D eigenvalue weighted by Crippen LogP contribution is -2.43. The van der Waals surface area contributed by atoms with Crippen LogP contribution in [0.15, 0.2) is 6.07 Å². The van der Waals surface area contributed by atoms with Crippen LogP contribution in [0.4, 0.5) is 5.95 Å². The molecule has 2 heterocycles. The first-order valence-corrected chi connectivity index (χ1v) is 7.37. The summed E-state index contributed by atoms with van der Waals surface area (Å²) < 4.78 is 0. The number of nitriles is 1. The fraction of sp³-hybridized carbons (Fsp3) is 0.600. The van der Waals surface area contributed by atoms with E-state index in [2.05, 4.69) is 9.97 Å². The Bertz CT molecular complexity index is 610. The number of carboxylic acid groups (broad SMARTS) is 1. The minimum absolute atomic E-state index is 0.188. The molecule has 0 bridgehead atoms. The van der Waals surface area contributed by atoms with E-state index in [9.17, 15) is 9.90 Å². The van der Waals surface area contributed by atoms with Crippen LogP contribution in [-0.4, -0.2) is 33.1 Å². The SMILES string of the molecule is Cc1cc(C#N)nc(N2C(C(=O)O)CC3CCCCC32)n1. The van der Waals surface area contributed by atoms with Gasteiger partial charge in [0.05, 0.1) is 0 Å². The molecule has 2 aliphatic rings. The molecule has 1 aromatic heterocycles. The zero-order valence-electron chi connectivity index (χ0n) is 12.0. The number of nitrogens with zero attached hydrogens (tertiary/aromatic N) is 4. The summed E-state index contributed by atoms with van der Waals surface area (Å²) in [4.78, 5) is 22.1. The molecular weight excluding hydrogens is 268 g/mol. The number of aromatic nitrogens is 2. The van der Waals surface area contributed by atoms with Crippen LogP contribution in [-0.2, 0) is 4.79 Å². The Balaban J connectivity index is 2.02. The highest BCUT2D eigenvalue weighted by molar-refractivity contribution is 5.78. The lowest BCUT2D eigenvalue weighted by Gasteiger charge is -2.33. The number of hydrogen-bond acceptors (Lipinski definition) is 5. The predicted octanol–water partition coefficient (Wildman–Crippen LogP) is 1.88. The van der Waals surface area contributed by atoms with Crippen molar-refractivity contribution in [1.29, 1.82) is 5.26 Å². The second kappa shape index (κ2) is 5.32. The maximum absolute atomic E-state index is 11.6. The van der Waals surface area contributed by atoms with Crippen molar-refractivity contribution in [3.63, 3.8) is 0 Å². The molecule has 6 heteroatoms. The average Bonchev–Trinajstić information content (AvgIpc) is 2.86. The molecule has 110 valence electrons. The van der Waals surface area contributed by atoms with Gasteiger partial charge in [-0.1, -0.05) is 12.8 Å². The number of carbonyl (C=O) groups is 1. The van der Waals surface area contributed by atoms with E-state index in [-0.39, 0.29) is 6.04 Å². The lowest BCUT2D eigenvalue weighted by molar-refractivity contribution is -0.138. The van der Waals surface area contributed by atoms with Crippen molar-refractivity contribution in [2.45, 2.75) is 51.1 Å². The smallest absolute Gasteiger partial charge is 0.326 e. The fourth-order valence-corrected chi connectivity index (χ4v) is 3.69. The first-order chi connectivity index (χ1) is 10.1. The van der Waals surface area contributed by atoms with Crippen LogP contribution < -0.4 is 4.90 Å². The summed E-state index contributed by atoms with van der Waals surface area (Å²) >= 11 is 0. The van der Waals surface area contributed by atoms with Crippen LogP contribution in [0.1, 0.15) is 43.5 Å². The quantitative estimate of drug-likeness (QED) is 0.892. The molecule has 0 amide bonds. The molecular formula is C15H18N4O2. The summed E-state index contributed by atoms with van der Waals surface area (Å²) in [6, 6.07) is 3.25. The van der Waals surface area contributed by atoms with Gasteiger partial charge in [-0.3, -0.25) is 0 Å². The Morgan fingerprint density at radius 1 is 1.43 bits per heavy atom. The Labute approximate surface area is 123 Å². The van der Waals surface area contributed by atoms with Crippen molar-refractivity contribution in [3.05, 3.63) is 17.5 Å². The number of aryl methyl sites for hydroxylation is 1. The molecule has 21 heavy (non-hydrogen) atoms. The van der Waals surface area contributed by atoms with Crippen LogP contribution >= 0.6 is 0 Å². The molecule has 0 radical (unpaired) electrons. The van der Waals surface area contributed by atoms with E-state index in [1.165, 1.54) is 6.42 Å². The van der Waals surface area contributed by atoms with Gasteiger partial charge in [0.15, 0.2) is 0 Å². The fourth-order valence-electron chi connectivity index (χ4n) is 3.69. The van der Waals surface area contributed by atoms with Crippen LogP contribution in [0.3, 0.4) is 0 Å². The minimum atomic E-state index is -0.826. The minimum Gasteiger partial charge on any atom is -0.480 e. The number of anilines is 1. The van der Waals surface area contributed by atoms with Crippen molar-refractivity contribution < 1.29 is 9.90 Å². The zero-order chi connectivity index (χ0) is 15.0. The summed E-state index contributed by atoms with van der Waals surface area (Å²) in [5, 5.41) is 18.6. The second-order valence-electron chi connectivity index (χ2n) is 5.92. The Kier molecular flexibility index (Phi) is 3.50. The highest BCUT2D eigenvalue weighted by Gasteiger charge is 2.46. The third-order valence-electron chi connectivity index (χ3n) is 4.56. The third-order valence-corrected chi connectivity index (χ3v) is 4.56. The van der Waals surface area contributed by atoms with Gasteiger partial charge < -0.3 is 10.0 Å². The van der Waals surface area contributed by atoms with Crippen molar-refractivity contribution in [2.75, 3.05) is 4.90 Å². The van der Waals surface area contributed by atoms with Gasteiger partial charge in [0.25, 0.3) is 0 Å². The maximum atomic E-state index is 11.6.